The van der Waals surface area contributed by atoms with Gasteiger partial charge in [0.1, 0.15) is 42.7 Å². The third-order valence-corrected chi connectivity index (χ3v) is 14.9. The summed E-state index contributed by atoms with van der Waals surface area (Å²) >= 11 is 0. The molecule has 0 saturated heterocycles. The van der Waals surface area contributed by atoms with Crippen LogP contribution in [-0.2, 0) is 27.9 Å². The zero-order chi connectivity index (χ0) is 50.5. The molecular weight excluding hydrogens is 896 g/mol. The average Bonchev–Trinajstić information content (AvgIpc) is 3.34. The fraction of sp³-hybridized carbons (Fsp3) is 0.946. The van der Waals surface area contributed by atoms with E-state index < -0.39 is 63.1 Å². The van der Waals surface area contributed by atoms with E-state index in [4.69, 9.17) is 18.5 Å². The first-order valence-corrected chi connectivity index (χ1v) is 30.5. The van der Waals surface area contributed by atoms with Crippen LogP contribution < -0.4 is 0 Å². The highest BCUT2D eigenvalue weighted by atomic mass is 31.2. The van der Waals surface area contributed by atoms with Gasteiger partial charge in [-0.15, -0.1) is 0 Å². The Morgan fingerprint density at radius 2 is 0.768 bits per heavy atom. The van der Waals surface area contributed by atoms with Crippen LogP contribution in [0.5, 0.6) is 0 Å². The van der Waals surface area contributed by atoms with Crippen LogP contribution in [0, 0.1) is 0 Å². The summed E-state index contributed by atoms with van der Waals surface area (Å²) in [6.45, 7) is 4.32. The van der Waals surface area contributed by atoms with Gasteiger partial charge in [-0.05, 0) is 38.5 Å². The standard InChI is InChI=1S/C56H109O12P/c1-3-5-7-9-11-13-15-17-19-21-23-24-25-26-27-28-30-32-34-36-38-40-42-44-46-65-47-49(48-66-69(63,64)68-56-54(61)52(59)51(58)53(60)55(56)62)67-50(57)45-43-41-39-37-35-33-31-29-22-20-18-16-14-12-10-8-6-4-2/h20,22,49,51-56,58-62H,3-19,21,23-48H2,1-2H3,(H,63,64)/b22-20-. The van der Waals surface area contributed by atoms with Crippen molar-refractivity contribution in [3.8, 4) is 0 Å². The fourth-order valence-corrected chi connectivity index (χ4v) is 10.3. The lowest BCUT2D eigenvalue weighted by Gasteiger charge is -2.41. The minimum Gasteiger partial charge on any atom is -0.457 e. The number of carbonyl (C=O) groups is 1. The molecule has 1 rings (SSSR count). The first kappa shape index (κ1) is 66.1. The van der Waals surface area contributed by atoms with Gasteiger partial charge >= 0.3 is 13.8 Å². The molecule has 1 aliphatic carbocycles. The largest absolute Gasteiger partial charge is 0.472 e. The lowest BCUT2D eigenvalue weighted by Crippen LogP contribution is -2.64. The Labute approximate surface area is 422 Å². The van der Waals surface area contributed by atoms with E-state index in [2.05, 4.69) is 26.0 Å². The lowest BCUT2D eigenvalue weighted by molar-refractivity contribution is -0.220. The van der Waals surface area contributed by atoms with Crippen molar-refractivity contribution < 1.29 is 58.3 Å². The summed E-state index contributed by atoms with van der Waals surface area (Å²) in [6, 6.07) is 0. The minimum absolute atomic E-state index is 0.0717. The van der Waals surface area contributed by atoms with Crippen molar-refractivity contribution >= 4 is 13.8 Å². The van der Waals surface area contributed by atoms with Crippen molar-refractivity contribution in [1.29, 1.82) is 0 Å². The molecule has 0 heterocycles. The molecule has 0 amide bonds. The lowest BCUT2D eigenvalue weighted by atomic mass is 9.85. The number of aliphatic hydroxyl groups is 5. The highest BCUT2D eigenvalue weighted by molar-refractivity contribution is 7.47. The van der Waals surface area contributed by atoms with Crippen molar-refractivity contribution in [3.05, 3.63) is 12.2 Å². The van der Waals surface area contributed by atoms with Gasteiger partial charge in [-0.1, -0.05) is 244 Å². The molecule has 410 valence electrons. The predicted molar refractivity (Wildman–Crippen MR) is 281 cm³/mol. The number of unbranched alkanes of at least 4 members (excludes halogenated alkanes) is 37. The van der Waals surface area contributed by atoms with Gasteiger partial charge in [0.15, 0.2) is 0 Å². The van der Waals surface area contributed by atoms with Crippen LogP contribution in [0.15, 0.2) is 12.2 Å². The molecule has 0 aromatic heterocycles. The van der Waals surface area contributed by atoms with Crippen molar-refractivity contribution in [2.75, 3.05) is 19.8 Å². The molecule has 0 spiro atoms. The van der Waals surface area contributed by atoms with Crippen LogP contribution in [0.1, 0.15) is 277 Å². The Balaban J connectivity index is 2.26. The van der Waals surface area contributed by atoms with Gasteiger partial charge in [-0.25, -0.2) is 4.57 Å². The summed E-state index contributed by atoms with van der Waals surface area (Å²) in [5.74, 6) is -0.475. The topological polar surface area (TPSA) is 192 Å². The SMILES string of the molecule is CCCCCCCCC/C=C\CCCCCCCCCC(=O)OC(COCCCCCCCCCCCCCCCCCCCCCCCCCC)COP(=O)(O)OC1C(O)C(O)C(O)C(O)C1O. The second kappa shape index (κ2) is 46.8. The molecule has 1 aliphatic rings. The van der Waals surface area contributed by atoms with E-state index in [1.165, 1.54) is 205 Å². The summed E-state index contributed by atoms with van der Waals surface area (Å²) in [6.07, 6.45) is 42.9. The van der Waals surface area contributed by atoms with Gasteiger partial charge in [0.05, 0.1) is 13.2 Å². The second-order valence-corrected chi connectivity index (χ2v) is 21.9. The zero-order valence-corrected chi connectivity index (χ0v) is 45.3. The third kappa shape index (κ3) is 38.3. The molecular formula is C56H109O12P. The average molecular weight is 1010 g/mol. The molecule has 6 unspecified atom stereocenters. The first-order valence-electron chi connectivity index (χ1n) is 29.0. The summed E-state index contributed by atoms with van der Waals surface area (Å²) < 4.78 is 34.4. The Kier molecular flexibility index (Phi) is 44.9. The monoisotopic (exact) mass is 1000 g/mol. The summed E-state index contributed by atoms with van der Waals surface area (Å²) in [7, 11) is -5.02. The zero-order valence-electron chi connectivity index (χ0n) is 44.4. The number of allylic oxidation sites excluding steroid dienone is 2. The molecule has 12 nitrogen and oxygen atoms in total. The normalized spacial score (nSPS) is 21.0. The predicted octanol–water partition coefficient (Wildman–Crippen LogP) is 13.8. The molecule has 0 aromatic rings. The molecule has 6 N–H and O–H groups in total. The van der Waals surface area contributed by atoms with Gasteiger partial charge in [0.25, 0.3) is 0 Å². The first-order chi connectivity index (χ1) is 33.5. The van der Waals surface area contributed by atoms with Crippen molar-refractivity contribution in [1.82, 2.24) is 0 Å². The van der Waals surface area contributed by atoms with Gasteiger partial charge < -0.3 is 39.9 Å². The van der Waals surface area contributed by atoms with E-state index in [0.717, 1.165) is 44.9 Å². The summed E-state index contributed by atoms with van der Waals surface area (Å²) in [5.41, 5.74) is 0. The maximum atomic E-state index is 12.9. The van der Waals surface area contributed by atoms with Crippen LogP contribution >= 0.6 is 7.82 Å². The number of rotatable bonds is 51. The molecule has 1 saturated carbocycles. The van der Waals surface area contributed by atoms with E-state index >= 15 is 0 Å². The van der Waals surface area contributed by atoms with Gasteiger partial charge in [0, 0.05) is 13.0 Å². The molecule has 0 aromatic carbocycles. The molecule has 0 bridgehead atoms. The van der Waals surface area contributed by atoms with E-state index in [1.54, 1.807) is 0 Å². The molecule has 0 aliphatic heterocycles. The number of ether oxygens (including phenoxy) is 2. The number of phosphoric ester groups is 1. The molecule has 13 heteroatoms. The minimum atomic E-state index is -5.02. The van der Waals surface area contributed by atoms with Crippen LogP contribution in [-0.4, -0.2) is 98.9 Å². The van der Waals surface area contributed by atoms with Crippen molar-refractivity contribution in [2.24, 2.45) is 0 Å². The van der Waals surface area contributed by atoms with E-state index in [9.17, 15) is 39.8 Å². The Hall–Kier alpha value is -0.920. The summed E-state index contributed by atoms with van der Waals surface area (Å²) in [5, 5.41) is 50.4. The van der Waals surface area contributed by atoms with E-state index in [1.807, 2.05) is 0 Å². The number of aliphatic hydroxyl groups excluding tert-OH is 5. The highest BCUT2D eigenvalue weighted by Crippen LogP contribution is 2.47. The van der Waals surface area contributed by atoms with E-state index in [-0.39, 0.29) is 13.0 Å². The number of hydrogen-bond acceptors (Lipinski definition) is 11. The van der Waals surface area contributed by atoms with Crippen LogP contribution in [0.2, 0.25) is 0 Å². The van der Waals surface area contributed by atoms with Crippen molar-refractivity contribution in [3.63, 3.8) is 0 Å². The molecule has 6 atom stereocenters. The van der Waals surface area contributed by atoms with Gasteiger partial charge in [-0.2, -0.15) is 0 Å². The number of hydrogen-bond donors (Lipinski definition) is 6. The number of carbonyl (C=O) groups excluding carboxylic acids is 1. The van der Waals surface area contributed by atoms with Gasteiger partial charge in [0.2, 0.25) is 0 Å². The maximum Gasteiger partial charge on any atom is 0.472 e. The Bertz CT molecular complexity index is 1190. The van der Waals surface area contributed by atoms with Crippen LogP contribution in [0.3, 0.4) is 0 Å². The number of phosphoric acid groups is 1. The molecule has 0 radical (unpaired) electrons. The Morgan fingerprint density at radius 3 is 1.14 bits per heavy atom. The van der Waals surface area contributed by atoms with Gasteiger partial charge in [-0.3, -0.25) is 13.8 Å². The van der Waals surface area contributed by atoms with E-state index in [0.29, 0.717) is 13.0 Å². The smallest absolute Gasteiger partial charge is 0.457 e. The third-order valence-electron chi connectivity index (χ3n) is 13.9. The van der Waals surface area contributed by atoms with Crippen molar-refractivity contribution in [2.45, 2.75) is 320 Å². The highest BCUT2D eigenvalue weighted by Gasteiger charge is 2.51. The van der Waals surface area contributed by atoms with Crippen LogP contribution in [0.25, 0.3) is 0 Å². The fourth-order valence-electron chi connectivity index (χ4n) is 9.30. The summed E-state index contributed by atoms with van der Waals surface area (Å²) in [4.78, 5) is 23.3. The Morgan fingerprint density at radius 1 is 0.449 bits per heavy atom. The maximum absolute atomic E-state index is 12.9. The molecule has 69 heavy (non-hydrogen) atoms. The quantitative estimate of drug-likeness (QED) is 0.0146. The van der Waals surface area contributed by atoms with Crippen LogP contribution in [0.4, 0.5) is 0 Å². The number of esters is 1. The second-order valence-electron chi connectivity index (χ2n) is 20.5. The molecule has 1 fully saturated rings.